The van der Waals surface area contributed by atoms with Gasteiger partial charge in [0.1, 0.15) is 0 Å². The lowest BCUT2D eigenvalue weighted by molar-refractivity contribution is -0.137. The molecule has 184 valence electrons. The van der Waals surface area contributed by atoms with Crippen LogP contribution in [-0.2, 0) is 25.7 Å². The van der Waals surface area contributed by atoms with Gasteiger partial charge in [0, 0.05) is 13.1 Å². The zero-order valence-corrected chi connectivity index (χ0v) is 19.4. The van der Waals surface area contributed by atoms with Crippen molar-refractivity contribution in [3.05, 3.63) is 59.7 Å². The first kappa shape index (κ1) is 25.7. The molecule has 0 radical (unpaired) electrons. The quantitative estimate of drug-likeness (QED) is 0.604. The van der Waals surface area contributed by atoms with Crippen molar-refractivity contribution in [2.45, 2.75) is 31.3 Å². The van der Waals surface area contributed by atoms with Gasteiger partial charge >= 0.3 is 12.1 Å². The van der Waals surface area contributed by atoms with Crippen molar-refractivity contribution in [2.75, 3.05) is 25.0 Å². The van der Waals surface area contributed by atoms with Crippen LogP contribution in [0.25, 0.3) is 0 Å². The molecule has 0 saturated carbocycles. The summed E-state index contributed by atoms with van der Waals surface area (Å²) in [4.78, 5) is 24.3. The van der Waals surface area contributed by atoms with Crippen LogP contribution >= 0.6 is 0 Å². The maximum Gasteiger partial charge on any atom is 0.418 e. The number of carbonyl (C=O) groups is 2. The summed E-state index contributed by atoms with van der Waals surface area (Å²) >= 11 is 0. The summed E-state index contributed by atoms with van der Waals surface area (Å²) in [6, 6.07) is 9.54. The Bertz CT molecular complexity index is 1140. The van der Waals surface area contributed by atoms with Gasteiger partial charge in [0.15, 0.2) is 6.61 Å². The molecular weight excluding hydrogens is 473 g/mol. The van der Waals surface area contributed by atoms with E-state index in [4.69, 9.17) is 4.74 Å². The van der Waals surface area contributed by atoms with Crippen LogP contribution in [-0.4, -0.2) is 44.3 Å². The minimum atomic E-state index is -4.66. The van der Waals surface area contributed by atoms with E-state index in [1.54, 1.807) is 0 Å². The maximum atomic E-state index is 13.0. The Morgan fingerprint density at radius 3 is 2.21 bits per heavy atom. The lowest BCUT2D eigenvalue weighted by atomic mass is 9.94. The van der Waals surface area contributed by atoms with Gasteiger partial charge in [0.05, 0.1) is 21.7 Å². The van der Waals surface area contributed by atoms with Crippen LogP contribution in [0, 0.1) is 11.8 Å². The van der Waals surface area contributed by atoms with E-state index >= 15 is 0 Å². The number of esters is 1. The van der Waals surface area contributed by atoms with Crippen LogP contribution in [0.5, 0.6) is 0 Å². The molecule has 1 N–H and O–H groups in total. The number of ether oxygens (including phenoxy) is 1. The molecule has 1 saturated heterocycles. The van der Waals surface area contributed by atoms with E-state index in [1.165, 1.54) is 40.7 Å². The van der Waals surface area contributed by atoms with Gasteiger partial charge in [-0.15, -0.1) is 0 Å². The normalized spacial score (nSPS) is 19.4. The second-order valence-corrected chi connectivity index (χ2v) is 10.4. The van der Waals surface area contributed by atoms with E-state index in [2.05, 4.69) is 5.32 Å². The van der Waals surface area contributed by atoms with Crippen LogP contribution in [0.2, 0.25) is 0 Å². The number of anilines is 1. The average Bonchev–Trinajstić information content (AvgIpc) is 2.76. The third-order valence-corrected chi connectivity index (χ3v) is 7.25. The first-order valence-corrected chi connectivity index (χ1v) is 12.1. The molecule has 0 bridgehead atoms. The Balaban J connectivity index is 1.61. The summed E-state index contributed by atoms with van der Waals surface area (Å²) in [6.07, 6.45) is -3.71. The largest absolute Gasteiger partial charge is 0.452 e. The molecule has 11 heteroatoms. The minimum Gasteiger partial charge on any atom is -0.452 e. The van der Waals surface area contributed by atoms with Crippen LogP contribution in [0.4, 0.5) is 18.9 Å². The number of rotatable bonds is 6. The molecule has 2 unspecified atom stereocenters. The number of halogens is 3. The highest BCUT2D eigenvalue weighted by molar-refractivity contribution is 7.89. The van der Waals surface area contributed by atoms with Crippen molar-refractivity contribution in [2.24, 2.45) is 11.8 Å². The van der Waals surface area contributed by atoms with Gasteiger partial charge in [-0.3, -0.25) is 4.79 Å². The first-order valence-electron chi connectivity index (χ1n) is 10.6. The van der Waals surface area contributed by atoms with E-state index in [1.807, 2.05) is 13.8 Å². The fourth-order valence-electron chi connectivity index (χ4n) is 3.95. The summed E-state index contributed by atoms with van der Waals surface area (Å²) in [7, 11) is -3.72. The second-order valence-electron chi connectivity index (χ2n) is 8.46. The van der Waals surface area contributed by atoms with Crippen molar-refractivity contribution in [1.29, 1.82) is 0 Å². The highest BCUT2D eigenvalue weighted by Crippen LogP contribution is 2.34. The SMILES string of the molecule is CC1CC(C)CN(S(=O)(=O)c2ccc(C(=O)OCC(=O)Nc3ccccc3C(F)(F)F)cc2)C1. The third-order valence-electron chi connectivity index (χ3n) is 5.40. The summed E-state index contributed by atoms with van der Waals surface area (Å²) in [5, 5.41) is 2.08. The number of hydrogen-bond acceptors (Lipinski definition) is 5. The number of benzene rings is 2. The molecule has 1 fully saturated rings. The molecular formula is C23H25F3N2O5S. The number of sulfonamides is 1. The molecule has 1 aliphatic rings. The molecule has 34 heavy (non-hydrogen) atoms. The molecule has 1 aliphatic heterocycles. The smallest absolute Gasteiger partial charge is 0.418 e. The summed E-state index contributed by atoms with van der Waals surface area (Å²) in [5.41, 5.74) is -1.47. The summed E-state index contributed by atoms with van der Waals surface area (Å²) in [6.45, 7) is 4.02. The average molecular weight is 499 g/mol. The van der Waals surface area contributed by atoms with Gasteiger partial charge in [0.2, 0.25) is 10.0 Å². The van der Waals surface area contributed by atoms with Crippen molar-refractivity contribution in [3.8, 4) is 0 Å². The zero-order valence-electron chi connectivity index (χ0n) is 18.6. The molecule has 2 atom stereocenters. The van der Waals surface area contributed by atoms with Gasteiger partial charge in [-0.25, -0.2) is 13.2 Å². The second kappa shape index (κ2) is 10.1. The van der Waals surface area contributed by atoms with Gasteiger partial charge < -0.3 is 10.1 Å². The Hall–Kier alpha value is -2.92. The van der Waals surface area contributed by atoms with Gasteiger partial charge in [-0.1, -0.05) is 26.0 Å². The molecule has 1 amide bonds. The van der Waals surface area contributed by atoms with Crippen molar-refractivity contribution in [3.63, 3.8) is 0 Å². The Kier molecular flexibility index (Phi) is 7.67. The summed E-state index contributed by atoms with van der Waals surface area (Å²) < 4.78 is 71.2. The number of carbonyl (C=O) groups excluding carboxylic acids is 2. The van der Waals surface area contributed by atoms with Crippen molar-refractivity contribution < 1.29 is 35.9 Å². The highest BCUT2D eigenvalue weighted by atomic mass is 32.2. The number of piperidine rings is 1. The monoisotopic (exact) mass is 498 g/mol. The van der Waals surface area contributed by atoms with E-state index in [0.717, 1.165) is 18.6 Å². The number of hydrogen-bond donors (Lipinski definition) is 1. The first-order chi connectivity index (χ1) is 15.9. The zero-order chi connectivity index (χ0) is 25.1. The maximum absolute atomic E-state index is 13.0. The Morgan fingerprint density at radius 1 is 1.03 bits per heavy atom. The molecule has 2 aromatic rings. The van der Waals surface area contributed by atoms with Crippen LogP contribution in [0.1, 0.15) is 36.2 Å². The molecule has 0 aliphatic carbocycles. The number of alkyl halides is 3. The van der Waals surface area contributed by atoms with E-state index in [0.29, 0.717) is 13.1 Å². The molecule has 3 rings (SSSR count). The molecule has 0 spiro atoms. The molecule has 1 heterocycles. The van der Waals surface area contributed by atoms with Crippen molar-refractivity contribution >= 4 is 27.6 Å². The summed E-state index contributed by atoms with van der Waals surface area (Å²) in [5.74, 6) is -1.38. The van der Waals surface area contributed by atoms with Gasteiger partial charge in [-0.2, -0.15) is 17.5 Å². The van der Waals surface area contributed by atoms with Gasteiger partial charge in [-0.05, 0) is 54.7 Å². The van der Waals surface area contributed by atoms with Crippen LogP contribution < -0.4 is 5.32 Å². The number of para-hydroxylation sites is 1. The standard InChI is InChI=1S/C23H25F3N2O5S/c1-15-11-16(2)13-28(12-15)34(31,32)18-9-7-17(8-10-18)22(30)33-14-21(29)27-20-6-4-3-5-19(20)23(24,25)26/h3-10,15-16H,11-14H2,1-2H3,(H,27,29). The van der Waals surface area contributed by atoms with E-state index < -0.39 is 45.9 Å². The van der Waals surface area contributed by atoms with E-state index in [9.17, 15) is 31.2 Å². The van der Waals surface area contributed by atoms with Crippen LogP contribution in [0.3, 0.4) is 0 Å². The minimum absolute atomic E-state index is 0.00261. The molecule has 0 aromatic heterocycles. The van der Waals surface area contributed by atoms with Crippen molar-refractivity contribution in [1.82, 2.24) is 4.31 Å². The number of nitrogens with zero attached hydrogens (tertiary/aromatic N) is 1. The lowest BCUT2D eigenvalue weighted by Crippen LogP contribution is -2.42. The van der Waals surface area contributed by atoms with Crippen LogP contribution in [0.15, 0.2) is 53.4 Å². The fraction of sp³-hybridized carbons (Fsp3) is 0.391. The number of amides is 1. The Labute approximate surface area is 196 Å². The fourth-order valence-corrected chi connectivity index (χ4v) is 5.63. The topological polar surface area (TPSA) is 92.8 Å². The molecule has 7 nitrogen and oxygen atoms in total. The predicted octanol–water partition coefficient (Wildman–Crippen LogP) is 4.17. The number of nitrogens with one attached hydrogen (secondary N) is 1. The highest BCUT2D eigenvalue weighted by Gasteiger charge is 2.34. The third kappa shape index (κ3) is 6.15. The predicted molar refractivity (Wildman–Crippen MR) is 119 cm³/mol. The van der Waals surface area contributed by atoms with Gasteiger partial charge in [0.25, 0.3) is 5.91 Å². The molecule has 2 aromatic carbocycles. The Morgan fingerprint density at radius 2 is 1.62 bits per heavy atom. The lowest BCUT2D eigenvalue weighted by Gasteiger charge is -2.34. The van der Waals surface area contributed by atoms with E-state index in [-0.39, 0.29) is 22.3 Å².